The number of piperidine rings is 1. The Morgan fingerprint density at radius 1 is 1.20 bits per heavy atom. The Labute approximate surface area is 135 Å². The van der Waals surface area contributed by atoms with Crippen molar-refractivity contribution in [3.8, 4) is 0 Å². The van der Waals surface area contributed by atoms with Crippen molar-refractivity contribution >= 4 is 28.5 Å². The third-order valence-electron chi connectivity index (χ3n) is 4.93. The number of likely N-dealkylation sites (tertiary alicyclic amines) is 1. The van der Waals surface area contributed by atoms with E-state index < -0.39 is 0 Å². The number of hydrogen-bond donors (Lipinski definition) is 0. The van der Waals surface area contributed by atoms with Crippen molar-refractivity contribution in [3.63, 3.8) is 0 Å². The Morgan fingerprint density at radius 3 is 2.80 bits per heavy atom. The molecule has 0 spiro atoms. The summed E-state index contributed by atoms with van der Waals surface area (Å²) in [6.07, 6.45) is 7.66. The second-order valence-corrected chi connectivity index (χ2v) is 7.27. The maximum Gasteiger partial charge on any atom is 0.255 e. The van der Waals surface area contributed by atoms with Crippen molar-refractivity contribution in [3.05, 3.63) is 32.9 Å². The molecule has 1 aliphatic heterocycles. The summed E-state index contributed by atoms with van der Waals surface area (Å²) in [5, 5.41) is 0. The van der Waals surface area contributed by atoms with Crippen LogP contribution < -0.4 is 0 Å². The average Bonchev–Trinajstić information content (AvgIpc) is 2.49. The molecule has 0 N–H and O–H groups in total. The van der Waals surface area contributed by atoms with E-state index in [-0.39, 0.29) is 5.91 Å². The first-order valence-electron chi connectivity index (χ1n) is 7.74. The van der Waals surface area contributed by atoms with Gasteiger partial charge in [-0.15, -0.1) is 0 Å². The van der Waals surface area contributed by atoms with E-state index >= 15 is 0 Å². The maximum absolute atomic E-state index is 12.9. The number of halogens is 1. The summed E-state index contributed by atoms with van der Waals surface area (Å²) in [6.45, 7) is 3.03. The number of rotatable bonds is 1. The zero-order valence-electron chi connectivity index (χ0n) is 12.1. The van der Waals surface area contributed by atoms with Crippen LogP contribution in [0.4, 0.5) is 0 Å². The van der Waals surface area contributed by atoms with Gasteiger partial charge in [-0.3, -0.25) is 4.79 Å². The van der Waals surface area contributed by atoms with E-state index in [1.807, 2.05) is 12.1 Å². The molecule has 1 saturated heterocycles. The van der Waals surface area contributed by atoms with Crippen molar-refractivity contribution in [2.75, 3.05) is 6.54 Å². The van der Waals surface area contributed by atoms with Crippen LogP contribution in [-0.4, -0.2) is 23.4 Å². The van der Waals surface area contributed by atoms with Crippen molar-refractivity contribution in [2.45, 2.75) is 51.5 Å². The smallest absolute Gasteiger partial charge is 0.255 e. The third-order valence-corrected chi connectivity index (χ3v) is 6.36. The van der Waals surface area contributed by atoms with E-state index in [9.17, 15) is 4.79 Å². The highest BCUT2D eigenvalue weighted by atomic mass is 127. The predicted octanol–water partition coefficient (Wildman–Crippen LogP) is 4.39. The fraction of sp³-hybridized carbons (Fsp3) is 0.588. The van der Waals surface area contributed by atoms with Gasteiger partial charge in [0.1, 0.15) is 0 Å². The Hall–Kier alpha value is -0.580. The zero-order valence-corrected chi connectivity index (χ0v) is 14.2. The van der Waals surface area contributed by atoms with E-state index in [0.717, 1.165) is 21.6 Å². The molecule has 0 radical (unpaired) electrons. The molecule has 2 nitrogen and oxygen atoms in total. The van der Waals surface area contributed by atoms with Crippen LogP contribution in [0.3, 0.4) is 0 Å². The minimum Gasteiger partial charge on any atom is -0.335 e. The summed E-state index contributed by atoms with van der Waals surface area (Å²) in [4.78, 5) is 15.1. The standard InChI is InChI=1S/C17H22INO/c1-12-6-4-9-14(16(12)18)17(20)19-11-5-8-13-7-2-3-10-15(13)19/h4,6,9,13,15H,2-3,5,7-8,10-11H2,1H3/t13-,15-/m1/s1. The summed E-state index contributed by atoms with van der Waals surface area (Å²) in [5.41, 5.74) is 2.10. The fourth-order valence-electron chi connectivity index (χ4n) is 3.84. The van der Waals surface area contributed by atoms with Crippen molar-refractivity contribution in [1.82, 2.24) is 4.90 Å². The number of carbonyl (C=O) groups is 1. The topological polar surface area (TPSA) is 20.3 Å². The van der Waals surface area contributed by atoms with Crippen LogP contribution in [0.25, 0.3) is 0 Å². The molecule has 0 bridgehead atoms. The summed E-state index contributed by atoms with van der Waals surface area (Å²) >= 11 is 2.32. The number of nitrogens with zero attached hydrogens (tertiary/aromatic N) is 1. The quantitative estimate of drug-likeness (QED) is 0.659. The maximum atomic E-state index is 12.9. The molecule has 0 aromatic heterocycles. The van der Waals surface area contributed by atoms with Crippen LogP contribution in [0.1, 0.15) is 54.4 Å². The van der Waals surface area contributed by atoms with Crippen LogP contribution in [0.5, 0.6) is 0 Å². The van der Waals surface area contributed by atoms with E-state index in [4.69, 9.17) is 0 Å². The number of benzene rings is 1. The predicted molar refractivity (Wildman–Crippen MR) is 89.9 cm³/mol. The van der Waals surface area contributed by atoms with Gasteiger partial charge in [-0.1, -0.05) is 25.0 Å². The molecule has 1 heterocycles. The van der Waals surface area contributed by atoms with Crippen LogP contribution in [0.15, 0.2) is 18.2 Å². The Morgan fingerprint density at radius 2 is 1.95 bits per heavy atom. The SMILES string of the molecule is Cc1cccc(C(=O)N2CCC[C@H]3CCCC[C@H]32)c1I. The Balaban J connectivity index is 1.87. The van der Waals surface area contributed by atoms with E-state index in [1.165, 1.54) is 44.1 Å². The van der Waals surface area contributed by atoms with Gasteiger partial charge in [-0.05, 0) is 72.7 Å². The van der Waals surface area contributed by atoms with Gasteiger partial charge in [-0.2, -0.15) is 0 Å². The summed E-state index contributed by atoms with van der Waals surface area (Å²) in [6, 6.07) is 6.58. The molecule has 2 aliphatic rings. The van der Waals surface area contributed by atoms with Crippen molar-refractivity contribution in [2.24, 2.45) is 5.92 Å². The number of fused-ring (bicyclic) bond motifs is 1. The Bertz CT molecular complexity index is 512. The molecular weight excluding hydrogens is 361 g/mol. The minimum absolute atomic E-state index is 0.259. The summed E-state index contributed by atoms with van der Waals surface area (Å²) in [5.74, 6) is 1.01. The molecule has 2 fully saturated rings. The van der Waals surface area contributed by atoms with Gasteiger partial charge < -0.3 is 4.90 Å². The number of hydrogen-bond acceptors (Lipinski definition) is 1. The highest BCUT2D eigenvalue weighted by molar-refractivity contribution is 14.1. The molecule has 1 aromatic rings. The highest BCUT2D eigenvalue weighted by Gasteiger charge is 2.36. The van der Waals surface area contributed by atoms with Crippen molar-refractivity contribution < 1.29 is 4.79 Å². The van der Waals surface area contributed by atoms with Crippen LogP contribution in [-0.2, 0) is 0 Å². The number of amides is 1. The molecule has 20 heavy (non-hydrogen) atoms. The lowest BCUT2D eigenvalue weighted by Crippen LogP contribution is -2.49. The van der Waals surface area contributed by atoms with Gasteiger partial charge in [0.15, 0.2) is 0 Å². The molecule has 1 amide bonds. The molecular formula is C17H22INO. The van der Waals surface area contributed by atoms with Crippen molar-refractivity contribution in [1.29, 1.82) is 0 Å². The van der Waals surface area contributed by atoms with Crippen LogP contribution in [0, 0.1) is 16.4 Å². The first-order chi connectivity index (χ1) is 9.68. The average molecular weight is 383 g/mol. The molecule has 2 atom stereocenters. The summed E-state index contributed by atoms with van der Waals surface area (Å²) in [7, 11) is 0. The highest BCUT2D eigenvalue weighted by Crippen LogP contribution is 2.36. The van der Waals surface area contributed by atoms with Crippen LogP contribution >= 0.6 is 22.6 Å². The lowest BCUT2D eigenvalue weighted by Gasteiger charge is -2.44. The monoisotopic (exact) mass is 383 g/mol. The second-order valence-electron chi connectivity index (χ2n) is 6.19. The van der Waals surface area contributed by atoms with Gasteiger partial charge >= 0.3 is 0 Å². The largest absolute Gasteiger partial charge is 0.335 e. The lowest BCUT2D eigenvalue weighted by molar-refractivity contribution is 0.0389. The zero-order chi connectivity index (χ0) is 14.1. The molecule has 1 aromatic carbocycles. The normalized spacial score (nSPS) is 26.2. The van der Waals surface area contributed by atoms with Gasteiger partial charge in [0.2, 0.25) is 0 Å². The summed E-state index contributed by atoms with van der Waals surface area (Å²) < 4.78 is 1.12. The van der Waals surface area contributed by atoms with E-state index in [2.05, 4.69) is 40.5 Å². The molecule has 1 aliphatic carbocycles. The molecule has 0 unspecified atom stereocenters. The first-order valence-corrected chi connectivity index (χ1v) is 8.82. The van der Waals surface area contributed by atoms with Crippen LogP contribution in [0.2, 0.25) is 0 Å². The van der Waals surface area contributed by atoms with E-state index in [1.54, 1.807) is 0 Å². The number of carbonyl (C=O) groups excluding carboxylic acids is 1. The number of aryl methyl sites for hydroxylation is 1. The molecule has 1 saturated carbocycles. The van der Waals surface area contributed by atoms with Gasteiger partial charge in [0.05, 0.1) is 5.56 Å². The van der Waals surface area contributed by atoms with Gasteiger partial charge in [0.25, 0.3) is 5.91 Å². The first kappa shape index (κ1) is 14.4. The molecule has 108 valence electrons. The van der Waals surface area contributed by atoms with Gasteiger partial charge in [0, 0.05) is 16.2 Å². The third kappa shape index (κ3) is 2.61. The fourth-order valence-corrected chi connectivity index (χ4v) is 4.43. The minimum atomic E-state index is 0.259. The lowest BCUT2D eigenvalue weighted by atomic mass is 9.78. The second kappa shape index (κ2) is 6.04. The molecule has 3 rings (SSSR count). The Kier molecular flexibility index (Phi) is 4.34. The van der Waals surface area contributed by atoms with Gasteiger partial charge in [-0.25, -0.2) is 0 Å². The van der Waals surface area contributed by atoms with E-state index in [0.29, 0.717) is 6.04 Å². The molecule has 3 heteroatoms.